The molecule has 0 saturated heterocycles. The van der Waals surface area contributed by atoms with Gasteiger partial charge in [0.05, 0.1) is 17.3 Å². The van der Waals surface area contributed by atoms with Crippen molar-refractivity contribution in [3.05, 3.63) is 129 Å². The van der Waals surface area contributed by atoms with E-state index in [4.69, 9.17) is 54.4 Å². The van der Waals surface area contributed by atoms with E-state index in [2.05, 4.69) is 10.9 Å². The van der Waals surface area contributed by atoms with Gasteiger partial charge in [0.15, 0.2) is 21.5 Å². The van der Waals surface area contributed by atoms with Crippen molar-refractivity contribution in [3.63, 3.8) is 0 Å². The van der Waals surface area contributed by atoms with Crippen LogP contribution in [-0.2, 0) is 25.9 Å². The fraction of sp³-hybridized carbons (Fsp3) is 0.235. The highest BCUT2D eigenvalue weighted by Gasteiger charge is 2.54. The number of hydrogen-bond acceptors (Lipinski definition) is 8. The standard InChI is InChI=1S/C34H32Cl3N3O6S/c35-25-7-4-6-23(20-25)22-38-40-33(42)34(16-19-47(43,44)28-8-2-1-3-9-28)31(29-15-12-26(36)21-30(29)37)46-32(39-34)24-10-13-27(14-11-24)45-18-5-17-41/h1-4,6-15,20-21,31,38,41H,5,16-19,22H2,(H,40,42)/t31-,34-/m0/s1. The van der Waals surface area contributed by atoms with Crippen LogP contribution >= 0.6 is 34.8 Å². The number of nitrogens with one attached hydrogen (secondary N) is 2. The quantitative estimate of drug-likeness (QED) is 0.103. The van der Waals surface area contributed by atoms with Gasteiger partial charge in [-0.15, -0.1) is 0 Å². The van der Waals surface area contributed by atoms with Crippen LogP contribution in [0.2, 0.25) is 15.1 Å². The number of rotatable bonds is 14. The van der Waals surface area contributed by atoms with Gasteiger partial charge in [0.1, 0.15) is 5.75 Å². The number of carbonyl (C=O) groups is 1. The number of nitrogens with zero attached hydrogens (tertiary/aromatic N) is 1. The molecule has 1 aliphatic rings. The van der Waals surface area contributed by atoms with Crippen LogP contribution in [0.5, 0.6) is 5.75 Å². The predicted octanol–water partition coefficient (Wildman–Crippen LogP) is 6.35. The molecule has 246 valence electrons. The third-order valence-corrected chi connectivity index (χ3v) is 10.0. The largest absolute Gasteiger partial charge is 0.494 e. The minimum absolute atomic E-state index is 0.00939. The first-order valence-electron chi connectivity index (χ1n) is 14.7. The van der Waals surface area contributed by atoms with Crippen LogP contribution in [0, 0.1) is 0 Å². The Hall–Kier alpha value is -3.64. The number of benzene rings is 4. The van der Waals surface area contributed by atoms with E-state index in [1.807, 2.05) is 6.07 Å². The molecule has 9 nitrogen and oxygen atoms in total. The van der Waals surface area contributed by atoms with Gasteiger partial charge in [-0.05, 0) is 66.2 Å². The molecule has 0 bridgehead atoms. The van der Waals surface area contributed by atoms with Crippen LogP contribution in [0.3, 0.4) is 0 Å². The second-order valence-corrected chi connectivity index (χ2v) is 14.2. The first-order valence-corrected chi connectivity index (χ1v) is 17.5. The van der Waals surface area contributed by atoms with Gasteiger partial charge < -0.3 is 14.6 Å². The monoisotopic (exact) mass is 715 g/mol. The number of amides is 1. The van der Waals surface area contributed by atoms with Crippen LogP contribution in [0.25, 0.3) is 0 Å². The summed E-state index contributed by atoms with van der Waals surface area (Å²) in [5.41, 5.74) is 5.60. The van der Waals surface area contributed by atoms with Crippen molar-refractivity contribution >= 4 is 56.4 Å². The van der Waals surface area contributed by atoms with Crippen molar-refractivity contribution in [1.82, 2.24) is 10.9 Å². The highest BCUT2D eigenvalue weighted by atomic mass is 35.5. The predicted molar refractivity (Wildman–Crippen MR) is 183 cm³/mol. The highest BCUT2D eigenvalue weighted by molar-refractivity contribution is 7.91. The number of hydrogen-bond donors (Lipinski definition) is 3. The van der Waals surface area contributed by atoms with Crippen LogP contribution < -0.4 is 15.6 Å². The zero-order valence-corrected chi connectivity index (χ0v) is 28.1. The number of hydrazine groups is 1. The molecular weight excluding hydrogens is 685 g/mol. The maximum Gasteiger partial charge on any atom is 0.266 e. The molecule has 0 unspecified atom stereocenters. The fourth-order valence-corrected chi connectivity index (χ4v) is 7.19. The molecule has 47 heavy (non-hydrogen) atoms. The molecule has 0 radical (unpaired) electrons. The van der Waals surface area contributed by atoms with Crippen LogP contribution in [0.4, 0.5) is 0 Å². The van der Waals surface area contributed by atoms with Crippen LogP contribution in [-0.4, -0.2) is 49.8 Å². The van der Waals surface area contributed by atoms with Crippen molar-refractivity contribution in [3.8, 4) is 5.75 Å². The summed E-state index contributed by atoms with van der Waals surface area (Å²) < 4.78 is 39.1. The average Bonchev–Trinajstić information content (AvgIpc) is 3.45. The topological polar surface area (TPSA) is 126 Å². The number of halogens is 3. The molecule has 13 heteroatoms. The van der Waals surface area contributed by atoms with Crippen molar-refractivity contribution in [2.24, 2.45) is 4.99 Å². The summed E-state index contributed by atoms with van der Waals surface area (Å²) in [6.45, 7) is 0.577. The fourth-order valence-electron chi connectivity index (χ4n) is 5.08. The molecule has 3 N–H and O–H groups in total. The molecule has 0 saturated carbocycles. The summed E-state index contributed by atoms with van der Waals surface area (Å²) in [5, 5.41) is 10.2. The SMILES string of the molecule is O=C(NNCc1cccc(Cl)c1)[C@@]1(CCS(=O)(=O)c2ccccc2)N=C(c2ccc(OCCCO)cc2)O[C@H]1c1ccc(Cl)cc1Cl. The summed E-state index contributed by atoms with van der Waals surface area (Å²) in [6.07, 6.45) is -0.887. The van der Waals surface area contributed by atoms with E-state index in [0.29, 0.717) is 39.9 Å². The molecule has 5 rings (SSSR count). The number of aliphatic hydroxyl groups is 1. The second kappa shape index (κ2) is 15.5. The Morgan fingerprint density at radius 2 is 1.68 bits per heavy atom. The summed E-state index contributed by atoms with van der Waals surface area (Å²) in [6, 6.07) is 26.8. The zero-order valence-electron chi connectivity index (χ0n) is 25.0. The van der Waals surface area contributed by atoms with Gasteiger partial charge in [-0.3, -0.25) is 10.2 Å². The molecule has 1 aliphatic heterocycles. The highest BCUT2D eigenvalue weighted by Crippen LogP contribution is 2.45. The lowest BCUT2D eigenvalue weighted by molar-refractivity contribution is -0.130. The summed E-state index contributed by atoms with van der Waals surface area (Å²) in [4.78, 5) is 19.3. The van der Waals surface area contributed by atoms with Gasteiger partial charge in [-0.1, -0.05) is 71.2 Å². The molecule has 4 aromatic carbocycles. The maximum absolute atomic E-state index is 14.3. The first-order chi connectivity index (χ1) is 22.6. The molecule has 0 spiro atoms. The van der Waals surface area contributed by atoms with Gasteiger partial charge in [0, 0.05) is 52.2 Å². The molecule has 1 amide bonds. The van der Waals surface area contributed by atoms with Crippen molar-refractivity contribution in [2.45, 2.75) is 35.9 Å². The number of aliphatic hydroxyl groups excluding tert-OH is 1. The van der Waals surface area contributed by atoms with Crippen molar-refractivity contribution in [2.75, 3.05) is 19.0 Å². The van der Waals surface area contributed by atoms with E-state index in [1.54, 1.807) is 72.8 Å². The Labute approximate surface area is 288 Å². The number of aliphatic imine (C=N–C) groups is 1. The Morgan fingerprint density at radius 3 is 2.38 bits per heavy atom. The summed E-state index contributed by atoms with van der Waals surface area (Å²) >= 11 is 19.0. The van der Waals surface area contributed by atoms with Gasteiger partial charge in [0.25, 0.3) is 5.91 Å². The van der Waals surface area contributed by atoms with Crippen LogP contribution in [0.15, 0.2) is 107 Å². The molecule has 0 aliphatic carbocycles. The van der Waals surface area contributed by atoms with E-state index in [1.165, 1.54) is 18.2 Å². The van der Waals surface area contributed by atoms with Gasteiger partial charge in [0.2, 0.25) is 5.90 Å². The Balaban J connectivity index is 1.54. The lowest BCUT2D eigenvalue weighted by atomic mass is 9.85. The average molecular weight is 717 g/mol. The smallest absolute Gasteiger partial charge is 0.266 e. The lowest BCUT2D eigenvalue weighted by Gasteiger charge is -2.31. The third-order valence-electron chi connectivity index (χ3n) is 7.51. The second-order valence-electron chi connectivity index (χ2n) is 10.8. The Morgan fingerprint density at radius 1 is 0.936 bits per heavy atom. The number of carbonyl (C=O) groups excluding carboxylic acids is 1. The number of ether oxygens (including phenoxy) is 2. The Bertz CT molecular complexity index is 1840. The van der Waals surface area contributed by atoms with Gasteiger partial charge in [-0.2, -0.15) is 0 Å². The van der Waals surface area contributed by atoms with E-state index in [-0.39, 0.29) is 35.4 Å². The van der Waals surface area contributed by atoms with Gasteiger partial charge in [-0.25, -0.2) is 18.8 Å². The van der Waals surface area contributed by atoms with E-state index < -0.39 is 33.1 Å². The minimum atomic E-state index is -3.84. The molecular formula is C34H32Cl3N3O6S. The molecule has 4 aromatic rings. The van der Waals surface area contributed by atoms with E-state index >= 15 is 0 Å². The minimum Gasteiger partial charge on any atom is -0.494 e. The maximum atomic E-state index is 14.3. The molecule has 0 fully saturated rings. The number of sulfone groups is 1. The van der Waals surface area contributed by atoms with E-state index in [9.17, 15) is 13.2 Å². The van der Waals surface area contributed by atoms with Crippen LogP contribution in [0.1, 0.15) is 35.6 Å². The normalized spacial score (nSPS) is 17.5. The Kier molecular flexibility index (Phi) is 11.4. The molecule has 0 aromatic heterocycles. The third kappa shape index (κ3) is 8.45. The van der Waals surface area contributed by atoms with Crippen molar-refractivity contribution in [1.29, 1.82) is 0 Å². The molecule has 2 atom stereocenters. The summed E-state index contributed by atoms with van der Waals surface area (Å²) in [5.74, 6) is -0.359. The first kappa shape index (κ1) is 34.7. The zero-order chi connectivity index (χ0) is 33.4. The van der Waals surface area contributed by atoms with E-state index in [0.717, 1.165) is 5.56 Å². The lowest BCUT2D eigenvalue weighted by Crippen LogP contribution is -2.53. The summed E-state index contributed by atoms with van der Waals surface area (Å²) in [7, 11) is -3.84. The van der Waals surface area contributed by atoms with Gasteiger partial charge >= 0.3 is 0 Å². The van der Waals surface area contributed by atoms with Crippen molar-refractivity contribution < 1.29 is 27.8 Å². The molecule has 1 heterocycles.